The van der Waals surface area contributed by atoms with Crippen LogP contribution in [0.15, 0.2) is 0 Å². The number of rotatable bonds is 5. The number of hydrogen-bond acceptors (Lipinski definition) is 8. The maximum absolute atomic E-state index is 12.5. The zero-order valence-corrected chi connectivity index (χ0v) is 16.4. The summed E-state index contributed by atoms with van der Waals surface area (Å²) in [4.78, 5) is 39.0. The lowest BCUT2D eigenvalue weighted by Gasteiger charge is -2.34. The molecule has 0 N–H and O–H groups in total. The molecule has 29 heavy (non-hydrogen) atoms. The highest BCUT2D eigenvalue weighted by molar-refractivity contribution is 7.99. The highest BCUT2D eigenvalue weighted by Crippen LogP contribution is 2.59. The van der Waals surface area contributed by atoms with E-state index in [1.807, 2.05) is 4.90 Å². The summed E-state index contributed by atoms with van der Waals surface area (Å²) >= 11 is 1.80. The molecule has 2 bridgehead atoms. The molecule has 4 aliphatic rings. The summed E-state index contributed by atoms with van der Waals surface area (Å²) in [7, 11) is 0. The first-order valence-corrected chi connectivity index (χ1v) is 10.8. The highest BCUT2D eigenvalue weighted by atomic mass is 32.2. The van der Waals surface area contributed by atoms with Crippen molar-refractivity contribution < 1.29 is 41.8 Å². The molecular formula is C18H22F3NO6S. The maximum Gasteiger partial charge on any atom is 0.422 e. The Morgan fingerprint density at radius 2 is 1.90 bits per heavy atom. The van der Waals surface area contributed by atoms with E-state index in [4.69, 9.17) is 9.47 Å². The van der Waals surface area contributed by atoms with Crippen molar-refractivity contribution in [3.8, 4) is 0 Å². The fourth-order valence-corrected chi connectivity index (χ4v) is 6.16. The van der Waals surface area contributed by atoms with Crippen LogP contribution in [0.1, 0.15) is 6.42 Å². The standard InChI is InChI=1S/C18H22F3NO6S/c19-18(20,21)8-27-17(25)14-10-5-9(11-7-26-16(24)13(10)11)15(14)28-12(23)6-22-1-3-29-4-2-22/h9-11,13-15H,1-8H2. The van der Waals surface area contributed by atoms with Crippen molar-refractivity contribution in [1.82, 2.24) is 4.90 Å². The third kappa shape index (κ3) is 4.21. The maximum atomic E-state index is 12.5. The molecule has 2 aliphatic heterocycles. The lowest BCUT2D eigenvalue weighted by atomic mass is 9.73. The number of cyclic esters (lactones) is 1. The van der Waals surface area contributed by atoms with Gasteiger partial charge in [-0.25, -0.2) is 0 Å². The van der Waals surface area contributed by atoms with Crippen LogP contribution in [0.25, 0.3) is 0 Å². The van der Waals surface area contributed by atoms with E-state index in [1.165, 1.54) is 0 Å². The summed E-state index contributed by atoms with van der Waals surface area (Å²) in [6.07, 6.45) is -5.10. The molecule has 0 radical (unpaired) electrons. The van der Waals surface area contributed by atoms with Crippen molar-refractivity contribution >= 4 is 29.7 Å². The summed E-state index contributed by atoms with van der Waals surface area (Å²) in [6, 6.07) is 0. The van der Waals surface area contributed by atoms with Crippen LogP contribution in [0.3, 0.4) is 0 Å². The second-order valence-corrected chi connectivity index (χ2v) is 9.20. The normalized spacial score (nSPS) is 36.6. The Morgan fingerprint density at radius 1 is 1.17 bits per heavy atom. The summed E-state index contributed by atoms with van der Waals surface area (Å²) in [6.45, 7) is 0.0558. The van der Waals surface area contributed by atoms with Crippen molar-refractivity contribution in [1.29, 1.82) is 0 Å². The molecule has 2 aliphatic carbocycles. The fraction of sp³-hybridized carbons (Fsp3) is 0.833. The number of hydrogen-bond donors (Lipinski definition) is 0. The van der Waals surface area contributed by atoms with Crippen LogP contribution in [0.2, 0.25) is 0 Å². The largest absolute Gasteiger partial charge is 0.465 e. The number of carbonyl (C=O) groups excluding carboxylic acids is 3. The van der Waals surface area contributed by atoms with Crippen LogP contribution in [0, 0.1) is 29.6 Å². The van der Waals surface area contributed by atoms with E-state index in [0.29, 0.717) is 6.42 Å². The average Bonchev–Trinajstić information content (AvgIpc) is 3.32. The number of fused-ring (bicyclic) bond motifs is 5. The van der Waals surface area contributed by atoms with Crippen LogP contribution < -0.4 is 0 Å². The number of halogens is 3. The second-order valence-electron chi connectivity index (χ2n) is 7.97. The van der Waals surface area contributed by atoms with Gasteiger partial charge in [0.2, 0.25) is 0 Å². The van der Waals surface area contributed by atoms with Crippen LogP contribution in [-0.2, 0) is 28.6 Å². The van der Waals surface area contributed by atoms with E-state index in [1.54, 1.807) is 11.8 Å². The molecule has 7 nitrogen and oxygen atoms in total. The van der Waals surface area contributed by atoms with Gasteiger partial charge in [-0.15, -0.1) is 0 Å². The number of esters is 3. The minimum Gasteiger partial charge on any atom is -0.465 e. The van der Waals surface area contributed by atoms with Gasteiger partial charge < -0.3 is 14.2 Å². The molecule has 2 heterocycles. The third-order valence-corrected chi connectivity index (χ3v) is 7.26. The molecule has 4 fully saturated rings. The fourth-order valence-electron chi connectivity index (χ4n) is 5.18. The topological polar surface area (TPSA) is 82.1 Å². The minimum atomic E-state index is -4.65. The molecule has 6 atom stereocenters. The number of carbonyl (C=O) groups is 3. The van der Waals surface area contributed by atoms with Crippen molar-refractivity contribution in [3.05, 3.63) is 0 Å². The quantitative estimate of drug-likeness (QED) is 0.467. The summed E-state index contributed by atoms with van der Waals surface area (Å²) < 4.78 is 52.7. The SMILES string of the molecule is O=C(CN1CCSCC1)OC1C2CC(C3C(=O)OCC23)C1C(=O)OCC(F)(F)F. The van der Waals surface area contributed by atoms with Gasteiger partial charge in [0.1, 0.15) is 6.10 Å². The Balaban J connectivity index is 1.46. The summed E-state index contributed by atoms with van der Waals surface area (Å²) in [5.41, 5.74) is 0. The first-order valence-electron chi connectivity index (χ1n) is 9.64. The van der Waals surface area contributed by atoms with Crippen LogP contribution in [0.5, 0.6) is 0 Å². The minimum absolute atomic E-state index is 0.0717. The Hall–Kier alpha value is -1.49. The molecule has 11 heteroatoms. The summed E-state index contributed by atoms with van der Waals surface area (Å²) in [5.74, 6) is -2.80. The van der Waals surface area contributed by atoms with Gasteiger partial charge in [0.25, 0.3) is 0 Å². The van der Waals surface area contributed by atoms with E-state index in [0.717, 1.165) is 24.6 Å². The molecule has 0 amide bonds. The van der Waals surface area contributed by atoms with Gasteiger partial charge >= 0.3 is 24.1 Å². The zero-order chi connectivity index (χ0) is 20.8. The van der Waals surface area contributed by atoms with E-state index >= 15 is 0 Å². The number of alkyl halides is 3. The molecule has 4 rings (SSSR count). The van der Waals surface area contributed by atoms with Crippen LogP contribution >= 0.6 is 11.8 Å². The van der Waals surface area contributed by atoms with Gasteiger partial charge in [-0.3, -0.25) is 19.3 Å². The first-order chi connectivity index (χ1) is 13.7. The Kier molecular flexibility index (Phi) is 5.71. The van der Waals surface area contributed by atoms with Gasteiger partial charge in [0.15, 0.2) is 6.61 Å². The Morgan fingerprint density at radius 3 is 2.59 bits per heavy atom. The van der Waals surface area contributed by atoms with Crippen molar-refractivity contribution in [3.63, 3.8) is 0 Å². The zero-order valence-electron chi connectivity index (χ0n) is 15.6. The summed E-state index contributed by atoms with van der Waals surface area (Å²) in [5, 5.41) is 0. The van der Waals surface area contributed by atoms with Gasteiger partial charge in [0, 0.05) is 36.4 Å². The van der Waals surface area contributed by atoms with Crippen molar-refractivity contribution in [2.24, 2.45) is 29.6 Å². The number of ether oxygens (including phenoxy) is 3. The van der Waals surface area contributed by atoms with Crippen LogP contribution in [-0.4, -0.2) is 79.4 Å². The van der Waals surface area contributed by atoms with Gasteiger partial charge in [0.05, 0.1) is 25.0 Å². The highest BCUT2D eigenvalue weighted by Gasteiger charge is 2.66. The molecule has 0 aromatic carbocycles. The predicted molar refractivity (Wildman–Crippen MR) is 93.7 cm³/mol. The Labute approximate surface area is 169 Å². The van der Waals surface area contributed by atoms with Crippen molar-refractivity contribution in [2.75, 3.05) is 44.4 Å². The van der Waals surface area contributed by atoms with E-state index < -0.39 is 54.5 Å². The van der Waals surface area contributed by atoms with E-state index in [-0.39, 0.29) is 25.0 Å². The van der Waals surface area contributed by atoms with E-state index in [2.05, 4.69) is 4.74 Å². The lowest BCUT2D eigenvalue weighted by molar-refractivity contribution is -0.196. The molecule has 6 unspecified atom stereocenters. The molecule has 0 aromatic rings. The molecule has 2 saturated heterocycles. The number of nitrogens with zero attached hydrogens (tertiary/aromatic N) is 1. The first kappa shape index (κ1) is 20.8. The molecule has 2 saturated carbocycles. The Bertz CT molecular complexity index is 683. The van der Waals surface area contributed by atoms with Crippen molar-refractivity contribution in [2.45, 2.75) is 18.7 Å². The molecule has 0 spiro atoms. The van der Waals surface area contributed by atoms with E-state index in [9.17, 15) is 27.6 Å². The van der Waals surface area contributed by atoms with Gasteiger partial charge in [-0.2, -0.15) is 24.9 Å². The lowest BCUT2D eigenvalue weighted by Crippen LogP contribution is -2.47. The van der Waals surface area contributed by atoms with Crippen LogP contribution in [0.4, 0.5) is 13.2 Å². The number of thioether (sulfide) groups is 1. The monoisotopic (exact) mass is 437 g/mol. The second kappa shape index (κ2) is 7.98. The average molecular weight is 437 g/mol. The third-order valence-electron chi connectivity index (χ3n) is 6.32. The van der Waals surface area contributed by atoms with Gasteiger partial charge in [-0.05, 0) is 12.3 Å². The predicted octanol–water partition coefficient (Wildman–Crippen LogP) is 1.11. The molecular weight excluding hydrogens is 415 g/mol. The van der Waals surface area contributed by atoms with Gasteiger partial charge in [-0.1, -0.05) is 0 Å². The molecule has 0 aromatic heterocycles. The molecule has 162 valence electrons. The smallest absolute Gasteiger partial charge is 0.422 e.